The Morgan fingerprint density at radius 1 is 0.395 bits per heavy atom. The van der Waals surface area contributed by atoms with Crippen LogP contribution in [0.2, 0.25) is 0 Å². The van der Waals surface area contributed by atoms with Crippen molar-refractivity contribution < 1.29 is 0 Å². The van der Waals surface area contributed by atoms with Gasteiger partial charge in [0.1, 0.15) is 0 Å². The van der Waals surface area contributed by atoms with Crippen LogP contribution in [0.5, 0.6) is 0 Å². The van der Waals surface area contributed by atoms with Crippen LogP contribution in [0.1, 0.15) is 5.69 Å². The van der Waals surface area contributed by atoms with E-state index in [1.165, 1.54) is 82.6 Å². The first-order valence-corrected chi connectivity index (χ1v) is 14.9. The minimum atomic E-state index is 1.04. The fraction of sp³-hybridized carbons (Fsp3) is 0.0238. The Balaban J connectivity index is 1.42. The number of pyridine rings is 1. The van der Waals surface area contributed by atoms with Crippen molar-refractivity contribution in [2.45, 2.75) is 6.92 Å². The Labute approximate surface area is 250 Å². The van der Waals surface area contributed by atoms with Gasteiger partial charge in [-0.3, -0.25) is 4.98 Å². The fourth-order valence-electron chi connectivity index (χ4n) is 7.26. The molecule has 200 valence electrons. The highest BCUT2D eigenvalue weighted by Crippen LogP contribution is 2.58. The van der Waals surface area contributed by atoms with Crippen molar-refractivity contribution >= 4 is 32.4 Å². The molecule has 1 aliphatic rings. The van der Waals surface area contributed by atoms with E-state index in [9.17, 15) is 0 Å². The maximum absolute atomic E-state index is 4.74. The lowest BCUT2D eigenvalue weighted by molar-refractivity contribution is 1.26. The molecule has 7 aromatic carbocycles. The average molecular weight is 546 g/mol. The van der Waals surface area contributed by atoms with Crippen LogP contribution in [0.15, 0.2) is 146 Å². The second-order valence-electron chi connectivity index (χ2n) is 11.5. The number of fused-ring (bicyclic) bond motifs is 5. The fourth-order valence-corrected chi connectivity index (χ4v) is 7.26. The molecule has 0 unspecified atom stereocenters. The number of nitrogens with zero attached hydrogens (tertiary/aromatic N) is 1. The molecule has 1 nitrogen and oxygen atoms in total. The summed E-state index contributed by atoms with van der Waals surface area (Å²) >= 11 is 0. The molecule has 8 aromatic rings. The molecule has 0 radical (unpaired) electrons. The molecule has 43 heavy (non-hydrogen) atoms. The number of aryl methyl sites for hydroxylation is 1. The van der Waals surface area contributed by atoms with Gasteiger partial charge in [-0.15, -0.1) is 0 Å². The molecule has 0 saturated carbocycles. The van der Waals surface area contributed by atoms with E-state index in [1.807, 2.05) is 6.92 Å². The van der Waals surface area contributed by atoms with Crippen molar-refractivity contribution in [3.05, 3.63) is 151 Å². The van der Waals surface area contributed by atoms with Gasteiger partial charge < -0.3 is 0 Å². The lowest BCUT2D eigenvalue weighted by atomic mass is 9.82. The zero-order valence-corrected chi connectivity index (χ0v) is 23.8. The van der Waals surface area contributed by atoms with E-state index in [4.69, 9.17) is 4.98 Å². The maximum atomic E-state index is 4.74. The minimum Gasteiger partial charge on any atom is -0.253 e. The molecular formula is C42H27N. The summed E-state index contributed by atoms with van der Waals surface area (Å²) in [5.74, 6) is 0. The normalized spacial score (nSPS) is 11.8. The molecule has 1 heterocycles. The smallest absolute Gasteiger partial charge is 0.0705 e. The molecule has 0 saturated heterocycles. The maximum Gasteiger partial charge on any atom is 0.0705 e. The predicted molar refractivity (Wildman–Crippen MR) is 182 cm³/mol. The van der Waals surface area contributed by atoms with Gasteiger partial charge in [0.2, 0.25) is 0 Å². The Morgan fingerprint density at radius 2 is 0.977 bits per heavy atom. The van der Waals surface area contributed by atoms with Gasteiger partial charge in [0.15, 0.2) is 0 Å². The number of hydrogen-bond donors (Lipinski definition) is 0. The summed E-state index contributed by atoms with van der Waals surface area (Å²) in [5, 5.41) is 6.36. The third kappa shape index (κ3) is 3.55. The first kappa shape index (κ1) is 24.1. The molecular weight excluding hydrogens is 518 g/mol. The average Bonchev–Trinajstić information content (AvgIpc) is 3.39. The van der Waals surface area contributed by atoms with Crippen molar-refractivity contribution in [1.29, 1.82) is 0 Å². The van der Waals surface area contributed by atoms with Crippen LogP contribution in [0.25, 0.3) is 88.1 Å². The molecule has 0 amide bonds. The highest BCUT2D eigenvalue weighted by molar-refractivity contribution is 6.28. The van der Waals surface area contributed by atoms with Crippen LogP contribution < -0.4 is 0 Å². The Bertz CT molecular complexity index is 2290. The Hall–Kier alpha value is -5.53. The second kappa shape index (κ2) is 9.24. The van der Waals surface area contributed by atoms with Crippen molar-refractivity contribution in [3.8, 4) is 55.6 Å². The highest BCUT2D eigenvalue weighted by Gasteiger charge is 2.31. The van der Waals surface area contributed by atoms with Gasteiger partial charge in [0.25, 0.3) is 0 Å². The zero-order chi connectivity index (χ0) is 28.5. The van der Waals surface area contributed by atoms with E-state index in [0.29, 0.717) is 0 Å². The van der Waals surface area contributed by atoms with E-state index in [2.05, 4.69) is 146 Å². The van der Waals surface area contributed by atoms with Crippen LogP contribution in [-0.2, 0) is 0 Å². The van der Waals surface area contributed by atoms with Crippen molar-refractivity contribution in [2.75, 3.05) is 0 Å². The lowest BCUT2D eigenvalue weighted by Crippen LogP contribution is -1.93. The molecule has 0 N–H and O–H groups in total. The molecule has 1 heteroatoms. The molecule has 1 aromatic heterocycles. The largest absolute Gasteiger partial charge is 0.253 e. The van der Waals surface area contributed by atoms with Crippen molar-refractivity contribution in [2.24, 2.45) is 0 Å². The van der Waals surface area contributed by atoms with Crippen molar-refractivity contribution in [3.63, 3.8) is 0 Å². The Kier molecular flexibility index (Phi) is 5.18. The Morgan fingerprint density at radius 3 is 1.65 bits per heavy atom. The molecule has 0 spiro atoms. The van der Waals surface area contributed by atoms with E-state index >= 15 is 0 Å². The second-order valence-corrected chi connectivity index (χ2v) is 11.5. The minimum absolute atomic E-state index is 1.04. The molecule has 0 aliphatic heterocycles. The monoisotopic (exact) mass is 545 g/mol. The third-order valence-corrected chi connectivity index (χ3v) is 9.06. The van der Waals surface area contributed by atoms with Crippen LogP contribution in [0.4, 0.5) is 0 Å². The van der Waals surface area contributed by atoms with Gasteiger partial charge in [0, 0.05) is 11.1 Å². The van der Waals surface area contributed by atoms with Crippen LogP contribution >= 0.6 is 0 Å². The summed E-state index contributed by atoms with van der Waals surface area (Å²) in [6.07, 6.45) is 0. The first-order valence-electron chi connectivity index (χ1n) is 14.9. The molecule has 0 atom stereocenters. The van der Waals surface area contributed by atoms with E-state index < -0.39 is 0 Å². The number of hydrogen-bond acceptors (Lipinski definition) is 1. The molecule has 0 fully saturated rings. The van der Waals surface area contributed by atoms with Gasteiger partial charge >= 0.3 is 0 Å². The van der Waals surface area contributed by atoms with Gasteiger partial charge in [-0.05, 0) is 102 Å². The number of benzene rings is 7. The van der Waals surface area contributed by atoms with Crippen LogP contribution in [0.3, 0.4) is 0 Å². The number of aromatic nitrogens is 1. The standard InChI is InChI=1S/C42H27N/c1-26-19-20-30-25-29(21-24-37(30)43-26)31-22-23-36-40-32(31)17-10-18-35(40)41-38(27-11-4-2-5-12-27)33-15-8-9-16-34(33)39(42(36)41)28-13-6-3-7-14-28/h2-25H,1H3. The lowest BCUT2D eigenvalue weighted by Gasteiger charge is -2.20. The third-order valence-electron chi connectivity index (χ3n) is 9.06. The van der Waals surface area contributed by atoms with Crippen molar-refractivity contribution in [1.82, 2.24) is 4.98 Å². The molecule has 9 rings (SSSR count). The van der Waals surface area contributed by atoms with E-state index in [-0.39, 0.29) is 0 Å². The van der Waals surface area contributed by atoms with E-state index in [1.54, 1.807) is 0 Å². The quantitative estimate of drug-likeness (QED) is 0.215. The SMILES string of the molecule is Cc1ccc2cc(-c3ccc4c5c(cccc35)-c3c-4c(-c4ccccc4)c4ccccc4c3-c3ccccc3)ccc2n1. The summed E-state index contributed by atoms with van der Waals surface area (Å²) in [7, 11) is 0. The van der Waals surface area contributed by atoms with Crippen LogP contribution in [-0.4, -0.2) is 4.98 Å². The molecule has 1 aliphatic carbocycles. The highest BCUT2D eigenvalue weighted by atomic mass is 14.7. The summed E-state index contributed by atoms with van der Waals surface area (Å²) in [5.41, 5.74) is 14.9. The van der Waals surface area contributed by atoms with Gasteiger partial charge in [-0.2, -0.15) is 0 Å². The van der Waals surface area contributed by atoms with Gasteiger partial charge in [0.05, 0.1) is 5.52 Å². The number of rotatable bonds is 3. The summed E-state index contributed by atoms with van der Waals surface area (Å²) < 4.78 is 0. The topological polar surface area (TPSA) is 12.9 Å². The first-order chi connectivity index (χ1) is 21.3. The van der Waals surface area contributed by atoms with Gasteiger partial charge in [-0.25, -0.2) is 0 Å². The zero-order valence-electron chi connectivity index (χ0n) is 23.8. The van der Waals surface area contributed by atoms with E-state index in [0.717, 1.165) is 11.2 Å². The summed E-state index contributed by atoms with van der Waals surface area (Å²) in [6, 6.07) is 53.2. The molecule has 0 bridgehead atoms. The summed E-state index contributed by atoms with van der Waals surface area (Å²) in [4.78, 5) is 4.74. The van der Waals surface area contributed by atoms with Crippen LogP contribution in [0, 0.1) is 6.92 Å². The van der Waals surface area contributed by atoms with Gasteiger partial charge in [-0.1, -0.05) is 127 Å². The predicted octanol–water partition coefficient (Wildman–Crippen LogP) is 11.5. The summed E-state index contributed by atoms with van der Waals surface area (Å²) in [6.45, 7) is 2.05.